The Morgan fingerprint density at radius 3 is 2.48 bits per heavy atom. The second-order valence-electron chi connectivity index (χ2n) is 5.97. The number of nitrogens with one attached hydrogen (secondary N) is 1. The molecule has 0 saturated heterocycles. The Balaban J connectivity index is 1.85. The van der Waals surface area contributed by atoms with Gasteiger partial charge < -0.3 is 5.32 Å². The summed E-state index contributed by atoms with van der Waals surface area (Å²) in [7, 11) is 0. The molecule has 2 aromatic carbocycles. The van der Waals surface area contributed by atoms with E-state index in [1.807, 2.05) is 18.2 Å². The number of fused-ring (bicyclic) bond motifs is 3. The highest BCUT2D eigenvalue weighted by molar-refractivity contribution is 6.44. The van der Waals surface area contributed by atoms with Gasteiger partial charge in [-0.25, -0.2) is 0 Å². The molecule has 4 rings (SSSR count). The maximum absolute atomic E-state index is 6.45. The van der Waals surface area contributed by atoms with Crippen LogP contribution < -0.4 is 5.32 Å². The Hall–Kier alpha value is -0.860. The minimum absolute atomic E-state index is 0.0724. The number of hydrogen-bond donors (Lipinski definition) is 1. The molecular weight excluding hydrogens is 372 g/mol. The zero-order valence-corrected chi connectivity index (χ0v) is 15.0. The molecule has 0 spiro atoms. The zero-order chi connectivity index (χ0) is 16.1. The van der Waals surface area contributed by atoms with Crippen LogP contribution in [-0.2, 0) is 0 Å². The van der Waals surface area contributed by atoms with Crippen LogP contribution in [0.2, 0.25) is 20.1 Å². The first-order valence-electron chi connectivity index (χ1n) is 7.42. The lowest BCUT2D eigenvalue weighted by atomic mass is 9.77. The van der Waals surface area contributed by atoms with Crippen molar-refractivity contribution in [3.63, 3.8) is 0 Å². The number of rotatable bonds is 1. The normalized spacial score (nSPS) is 25.0. The molecule has 0 radical (unpaired) electrons. The van der Waals surface area contributed by atoms with Crippen molar-refractivity contribution in [1.82, 2.24) is 0 Å². The molecule has 2 aliphatic rings. The van der Waals surface area contributed by atoms with Gasteiger partial charge in [0.15, 0.2) is 0 Å². The molecule has 0 aromatic heterocycles. The molecule has 1 N–H and O–H groups in total. The fourth-order valence-corrected chi connectivity index (χ4v) is 4.57. The number of hydrogen-bond acceptors (Lipinski definition) is 1. The Morgan fingerprint density at radius 2 is 1.70 bits per heavy atom. The molecule has 0 amide bonds. The van der Waals surface area contributed by atoms with E-state index < -0.39 is 0 Å². The van der Waals surface area contributed by atoms with Crippen LogP contribution >= 0.6 is 46.4 Å². The van der Waals surface area contributed by atoms with Gasteiger partial charge in [-0.05, 0) is 41.7 Å². The summed E-state index contributed by atoms with van der Waals surface area (Å²) in [5, 5.41) is 6.00. The molecule has 3 unspecified atom stereocenters. The topological polar surface area (TPSA) is 12.0 Å². The molecular formula is C18H13Cl4N. The quantitative estimate of drug-likeness (QED) is 0.515. The molecule has 23 heavy (non-hydrogen) atoms. The molecule has 1 aliphatic carbocycles. The van der Waals surface area contributed by atoms with Gasteiger partial charge in [-0.15, -0.1) is 0 Å². The summed E-state index contributed by atoms with van der Waals surface area (Å²) in [5.74, 6) is 0.719. The van der Waals surface area contributed by atoms with Crippen molar-refractivity contribution in [3.8, 4) is 0 Å². The molecule has 0 saturated carbocycles. The maximum Gasteiger partial charge on any atom is 0.0826 e. The predicted molar refractivity (Wildman–Crippen MR) is 99.3 cm³/mol. The van der Waals surface area contributed by atoms with Crippen LogP contribution in [0.15, 0.2) is 42.5 Å². The van der Waals surface area contributed by atoms with E-state index in [4.69, 9.17) is 46.4 Å². The van der Waals surface area contributed by atoms with Crippen LogP contribution in [0.3, 0.4) is 0 Å². The van der Waals surface area contributed by atoms with Crippen molar-refractivity contribution in [2.75, 3.05) is 5.32 Å². The first kappa shape index (κ1) is 15.7. The lowest BCUT2D eigenvalue weighted by Gasteiger charge is -2.38. The van der Waals surface area contributed by atoms with Gasteiger partial charge in [0.05, 0.1) is 21.8 Å². The van der Waals surface area contributed by atoms with Gasteiger partial charge >= 0.3 is 0 Å². The fraction of sp³-hybridized carbons (Fsp3) is 0.222. The van der Waals surface area contributed by atoms with Crippen molar-refractivity contribution in [2.24, 2.45) is 5.92 Å². The Kier molecular flexibility index (Phi) is 4.01. The first-order valence-corrected chi connectivity index (χ1v) is 8.93. The van der Waals surface area contributed by atoms with Gasteiger partial charge in [-0.2, -0.15) is 0 Å². The SMILES string of the molecule is Clc1ccc(C2Nc3c(ccc(Cl)c3Cl)C3C=CCC32)c(Cl)c1. The minimum Gasteiger partial charge on any atom is -0.376 e. The van der Waals surface area contributed by atoms with Crippen molar-refractivity contribution in [2.45, 2.75) is 18.4 Å². The van der Waals surface area contributed by atoms with Crippen molar-refractivity contribution in [3.05, 3.63) is 73.7 Å². The third kappa shape index (κ3) is 2.55. The van der Waals surface area contributed by atoms with E-state index >= 15 is 0 Å². The fourth-order valence-electron chi connectivity index (χ4n) is 3.66. The summed E-state index contributed by atoms with van der Waals surface area (Å²) in [5.41, 5.74) is 3.14. The molecule has 1 heterocycles. The summed E-state index contributed by atoms with van der Waals surface area (Å²) in [6.45, 7) is 0. The van der Waals surface area contributed by atoms with Crippen molar-refractivity contribution < 1.29 is 0 Å². The van der Waals surface area contributed by atoms with E-state index in [2.05, 4.69) is 23.5 Å². The van der Waals surface area contributed by atoms with Gasteiger partial charge in [-0.3, -0.25) is 0 Å². The van der Waals surface area contributed by atoms with E-state index in [1.54, 1.807) is 6.07 Å². The molecule has 0 bridgehead atoms. The summed E-state index contributed by atoms with van der Waals surface area (Å²) in [4.78, 5) is 0. The Bertz CT molecular complexity index is 815. The van der Waals surface area contributed by atoms with Crippen LogP contribution in [0.1, 0.15) is 29.5 Å². The summed E-state index contributed by atoms with van der Waals surface area (Å²) in [6.07, 6.45) is 5.48. The van der Waals surface area contributed by atoms with E-state index in [0.29, 0.717) is 31.9 Å². The molecule has 2 aromatic rings. The number of anilines is 1. The second-order valence-corrected chi connectivity index (χ2v) is 7.60. The van der Waals surface area contributed by atoms with Gasteiger partial charge in [-0.1, -0.05) is 70.7 Å². The zero-order valence-electron chi connectivity index (χ0n) is 12.0. The van der Waals surface area contributed by atoms with Crippen LogP contribution in [0.25, 0.3) is 0 Å². The molecule has 5 heteroatoms. The van der Waals surface area contributed by atoms with E-state index in [-0.39, 0.29) is 6.04 Å². The summed E-state index contributed by atoms with van der Waals surface area (Å²) >= 11 is 25.1. The third-order valence-corrected chi connectivity index (χ3v) is 6.09. The van der Waals surface area contributed by atoms with Crippen LogP contribution in [0, 0.1) is 5.92 Å². The van der Waals surface area contributed by atoms with E-state index in [0.717, 1.165) is 17.7 Å². The van der Waals surface area contributed by atoms with Gasteiger partial charge in [0.2, 0.25) is 0 Å². The first-order chi connectivity index (χ1) is 11.1. The highest BCUT2D eigenvalue weighted by atomic mass is 35.5. The van der Waals surface area contributed by atoms with Crippen LogP contribution in [0.5, 0.6) is 0 Å². The highest BCUT2D eigenvalue weighted by Crippen LogP contribution is 2.53. The Labute approximate surface area is 155 Å². The molecule has 118 valence electrons. The monoisotopic (exact) mass is 383 g/mol. The lowest BCUT2D eigenvalue weighted by Crippen LogP contribution is -2.29. The molecule has 1 aliphatic heterocycles. The number of allylic oxidation sites excluding steroid dienone is 2. The van der Waals surface area contributed by atoms with Crippen molar-refractivity contribution >= 4 is 52.1 Å². The largest absolute Gasteiger partial charge is 0.376 e. The van der Waals surface area contributed by atoms with Gasteiger partial charge in [0.25, 0.3) is 0 Å². The average molecular weight is 385 g/mol. The second kappa shape index (κ2) is 5.89. The summed E-state index contributed by atoms with van der Waals surface area (Å²) < 4.78 is 0. The average Bonchev–Trinajstić information content (AvgIpc) is 3.00. The standard InChI is InChI=1S/C18H13Cl4N/c19-9-4-5-13(15(21)8-9)17-11-3-1-2-10(11)12-6-7-14(20)16(22)18(12)23-17/h1-2,4-8,10-11,17,23H,3H2. The van der Waals surface area contributed by atoms with Gasteiger partial charge in [0, 0.05) is 16.0 Å². The highest BCUT2D eigenvalue weighted by Gasteiger charge is 2.39. The van der Waals surface area contributed by atoms with Crippen LogP contribution in [0.4, 0.5) is 5.69 Å². The summed E-state index contributed by atoms with van der Waals surface area (Å²) in [6, 6.07) is 9.64. The molecule has 0 fully saturated rings. The lowest BCUT2D eigenvalue weighted by molar-refractivity contribution is 0.426. The number of benzene rings is 2. The maximum atomic E-state index is 6.45. The van der Waals surface area contributed by atoms with Crippen molar-refractivity contribution in [1.29, 1.82) is 0 Å². The van der Waals surface area contributed by atoms with Gasteiger partial charge in [0.1, 0.15) is 0 Å². The number of halogens is 4. The van der Waals surface area contributed by atoms with E-state index in [1.165, 1.54) is 5.56 Å². The predicted octanol–water partition coefficient (Wildman–Crippen LogP) is 7.13. The molecule has 1 nitrogen and oxygen atoms in total. The molecule has 3 atom stereocenters. The Morgan fingerprint density at radius 1 is 0.913 bits per heavy atom. The minimum atomic E-state index is 0.0724. The van der Waals surface area contributed by atoms with Crippen LogP contribution in [-0.4, -0.2) is 0 Å². The smallest absolute Gasteiger partial charge is 0.0826 e. The van der Waals surface area contributed by atoms with E-state index in [9.17, 15) is 0 Å². The third-order valence-electron chi connectivity index (χ3n) is 4.72.